The highest BCUT2D eigenvalue weighted by molar-refractivity contribution is 5.93. The van der Waals surface area contributed by atoms with Gasteiger partial charge in [-0.25, -0.2) is 9.59 Å². The van der Waals surface area contributed by atoms with E-state index in [1.807, 2.05) is 20.8 Å². The maximum absolute atomic E-state index is 13.3. The van der Waals surface area contributed by atoms with Crippen LogP contribution < -0.4 is 0 Å². The van der Waals surface area contributed by atoms with Gasteiger partial charge in [0.2, 0.25) is 11.9 Å². The summed E-state index contributed by atoms with van der Waals surface area (Å²) in [5.74, 6) is -3.52. The molecule has 0 aromatic carbocycles. The first kappa shape index (κ1) is 18.1. The van der Waals surface area contributed by atoms with Crippen LogP contribution in [0.25, 0.3) is 0 Å². The second-order valence-corrected chi connectivity index (χ2v) is 10.6. The van der Waals surface area contributed by atoms with Crippen molar-refractivity contribution in [1.29, 1.82) is 0 Å². The minimum absolute atomic E-state index is 0.0623. The minimum atomic E-state index is -1.97. The van der Waals surface area contributed by atoms with Gasteiger partial charge in [-0.15, -0.1) is 0 Å². The molecule has 2 saturated carbocycles. The van der Waals surface area contributed by atoms with Gasteiger partial charge in [0, 0.05) is 6.42 Å². The van der Waals surface area contributed by atoms with Gasteiger partial charge < -0.3 is 29.2 Å². The number of ether oxygens (including phenoxy) is 4. The van der Waals surface area contributed by atoms with Crippen molar-refractivity contribution in [2.24, 2.45) is 28.1 Å². The Balaban J connectivity index is 1.68. The van der Waals surface area contributed by atoms with Crippen LogP contribution in [0.1, 0.15) is 40.5 Å². The van der Waals surface area contributed by atoms with Gasteiger partial charge in [0.05, 0.1) is 16.7 Å². The molecule has 29 heavy (non-hydrogen) atoms. The number of carbonyl (C=O) groups excluding carboxylic acids is 3. The Bertz CT molecular complexity index is 893. The fraction of sp³-hybridized carbons (Fsp3) is 0.850. The number of aliphatic hydroxyl groups is 2. The lowest BCUT2D eigenvalue weighted by Gasteiger charge is -2.46. The Labute approximate surface area is 166 Å². The number of fused-ring (bicyclic) bond motifs is 1. The molecule has 9 nitrogen and oxygen atoms in total. The van der Waals surface area contributed by atoms with Gasteiger partial charge in [0.15, 0.2) is 11.7 Å². The van der Waals surface area contributed by atoms with Crippen LogP contribution in [0.4, 0.5) is 0 Å². The Morgan fingerprint density at radius 2 is 1.72 bits per heavy atom. The van der Waals surface area contributed by atoms with Crippen molar-refractivity contribution in [2.45, 2.75) is 76.3 Å². The zero-order valence-corrected chi connectivity index (χ0v) is 16.6. The molecule has 0 bridgehead atoms. The number of hydrogen-bond acceptors (Lipinski definition) is 9. The topological polar surface area (TPSA) is 129 Å². The number of rotatable bonds is 0. The average Bonchev–Trinajstić information content (AvgIpc) is 3.31. The first-order chi connectivity index (χ1) is 13.4. The van der Waals surface area contributed by atoms with Crippen molar-refractivity contribution >= 4 is 17.9 Å². The SMILES string of the molecule is C[C@@H]1C(=O)O[C@H]2C[C@]34[C@H]5C[C@H](C(C)(C)C)[C@@]36[C@H](OC(=O)[C@@H]6O)O[C@@]4(C(=O)O5)[C@]21O. The van der Waals surface area contributed by atoms with Crippen LogP contribution in [-0.4, -0.2) is 63.9 Å². The molecule has 6 aliphatic rings. The van der Waals surface area contributed by atoms with Crippen molar-refractivity contribution in [3.05, 3.63) is 0 Å². The molecule has 4 heterocycles. The van der Waals surface area contributed by atoms with E-state index in [-0.39, 0.29) is 17.8 Å². The van der Waals surface area contributed by atoms with E-state index in [2.05, 4.69) is 0 Å². The van der Waals surface area contributed by atoms with Crippen molar-refractivity contribution in [1.82, 2.24) is 0 Å². The standard InChI is InChI=1S/C20H24O9/c1-7-12(22)26-10-6-17-9-5-8(16(2,3)4)18(17)11(21)13(23)28-15(18)29-20(17,14(24)27-9)19(7,10)25/h7-11,15,21,25H,5-6H2,1-4H3/t7-,8-,9-,10+,11+,15-,17+,18-,19-,20-/m1/s1. The molecule has 0 aromatic heterocycles. The lowest BCUT2D eigenvalue weighted by Crippen LogP contribution is -2.66. The van der Waals surface area contributed by atoms with E-state index in [1.54, 1.807) is 0 Å². The fourth-order valence-electron chi connectivity index (χ4n) is 8.06. The molecule has 158 valence electrons. The van der Waals surface area contributed by atoms with E-state index in [0.29, 0.717) is 6.42 Å². The van der Waals surface area contributed by atoms with Crippen molar-refractivity contribution in [3.8, 4) is 0 Å². The van der Waals surface area contributed by atoms with Crippen LogP contribution in [0.15, 0.2) is 0 Å². The first-order valence-corrected chi connectivity index (χ1v) is 10.1. The van der Waals surface area contributed by atoms with E-state index in [1.165, 1.54) is 6.92 Å². The van der Waals surface area contributed by atoms with Crippen LogP contribution in [0, 0.1) is 28.1 Å². The smallest absolute Gasteiger partial charge is 0.342 e. The number of hydrogen-bond donors (Lipinski definition) is 2. The van der Waals surface area contributed by atoms with Gasteiger partial charge in [-0.05, 0) is 24.7 Å². The molecule has 6 rings (SSSR count). The maximum Gasteiger partial charge on any atom is 0.342 e. The molecule has 9 heteroatoms. The summed E-state index contributed by atoms with van der Waals surface area (Å²) in [4.78, 5) is 38.1. The summed E-state index contributed by atoms with van der Waals surface area (Å²) < 4.78 is 22.9. The van der Waals surface area contributed by atoms with Gasteiger partial charge in [0.1, 0.15) is 12.2 Å². The zero-order valence-electron chi connectivity index (χ0n) is 16.6. The summed E-state index contributed by atoms with van der Waals surface area (Å²) >= 11 is 0. The molecule has 2 spiro atoms. The van der Waals surface area contributed by atoms with Crippen molar-refractivity contribution < 1.29 is 43.5 Å². The van der Waals surface area contributed by atoms with E-state index < -0.39 is 70.5 Å². The summed E-state index contributed by atoms with van der Waals surface area (Å²) in [5, 5.41) is 23.0. The predicted molar refractivity (Wildman–Crippen MR) is 90.6 cm³/mol. The van der Waals surface area contributed by atoms with Gasteiger partial charge in [-0.2, -0.15) is 0 Å². The Kier molecular flexibility index (Phi) is 2.79. The van der Waals surface area contributed by atoms with E-state index in [9.17, 15) is 24.6 Å². The summed E-state index contributed by atoms with van der Waals surface area (Å²) in [6, 6.07) is 0. The van der Waals surface area contributed by atoms with E-state index in [0.717, 1.165) is 0 Å². The summed E-state index contributed by atoms with van der Waals surface area (Å²) in [7, 11) is 0. The molecular formula is C20H24O9. The number of esters is 3. The lowest BCUT2D eigenvalue weighted by atomic mass is 9.51. The summed E-state index contributed by atoms with van der Waals surface area (Å²) in [6.45, 7) is 7.47. The number of aliphatic hydroxyl groups excluding tert-OH is 1. The van der Waals surface area contributed by atoms with Gasteiger partial charge >= 0.3 is 17.9 Å². The molecular weight excluding hydrogens is 384 g/mol. The molecule has 2 N–H and O–H groups in total. The lowest BCUT2D eigenvalue weighted by molar-refractivity contribution is -0.238. The van der Waals surface area contributed by atoms with E-state index in [4.69, 9.17) is 18.9 Å². The van der Waals surface area contributed by atoms with Crippen molar-refractivity contribution in [3.63, 3.8) is 0 Å². The van der Waals surface area contributed by atoms with Gasteiger partial charge in [-0.3, -0.25) is 4.79 Å². The summed E-state index contributed by atoms with van der Waals surface area (Å²) in [5.41, 5.74) is -6.81. The monoisotopic (exact) mass is 408 g/mol. The van der Waals surface area contributed by atoms with Crippen LogP contribution in [0.3, 0.4) is 0 Å². The second kappa shape index (κ2) is 4.48. The van der Waals surface area contributed by atoms with Crippen molar-refractivity contribution in [2.75, 3.05) is 0 Å². The zero-order chi connectivity index (χ0) is 20.9. The predicted octanol–water partition coefficient (Wildman–Crippen LogP) is -0.340. The minimum Gasteiger partial charge on any atom is -0.459 e. The molecule has 0 aromatic rings. The molecule has 2 aliphatic carbocycles. The third-order valence-electron chi connectivity index (χ3n) is 8.97. The Morgan fingerprint density at radius 1 is 1.03 bits per heavy atom. The molecule has 0 amide bonds. The maximum atomic E-state index is 13.3. The highest BCUT2D eigenvalue weighted by Gasteiger charge is 3.01. The summed E-state index contributed by atoms with van der Waals surface area (Å²) in [6.07, 6.45) is -3.96. The molecule has 4 aliphatic heterocycles. The highest BCUT2D eigenvalue weighted by Crippen LogP contribution is 2.84. The largest absolute Gasteiger partial charge is 0.459 e. The van der Waals surface area contributed by atoms with Crippen LogP contribution in [0.5, 0.6) is 0 Å². The van der Waals surface area contributed by atoms with Crippen LogP contribution >= 0.6 is 0 Å². The Morgan fingerprint density at radius 3 is 2.38 bits per heavy atom. The molecule has 0 unspecified atom stereocenters. The highest BCUT2D eigenvalue weighted by atomic mass is 16.8. The first-order valence-electron chi connectivity index (χ1n) is 10.1. The molecule has 10 atom stereocenters. The Hall–Kier alpha value is -1.71. The molecule has 0 radical (unpaired) electrons. The van der Waals surface area contributed by atoms with E-state index >= 15 is 0 Å². The fourth-order valence-corrected chi connectivity index (χ4v) is 8.06. The van der Waals surface area contributed by atoms with Crippen LogP contribution in [0.2, 0.25) is 0 Å². The van der Waals surface area contributed by atoms with Crippen LogP contribution in [-0.2, 0) is 33.3 Å². The second-order valence-electron chi connectivity index (χ2n) is 10.6. The quantitative estimate of drug-likeness (QED) is 0.408. The number of carbonyl (C=O) groups is 3. The average molecular weight is 408 g/mol. The third-order valence-corrected chi connectivity index (χ3v) is 8.97. The van der Waals surface area contributed by atoms with Gasteiger partial charge in [-0.1, -0.05) is 20.8 Å². The van der Waals surface area contributed by atoms with Gasteiger partial charge in [0.25, 0.3) is 0 Å². The molecule has 4 saturated heterocycles. The third kappa shape index (κ3) is 1.35. The normalized spacial score (nSPS) is 59.2. The molecule has 6 fully saturated rings.